The van der Waals surface area contributed by atoms with Crippen LogP contribution in [0.1, 0.15) is 15.6 Å². The highest BCUT2D eigenvalue weighted by molar-refractivity contribution is 7.99. The third kappa shape index (κ3) is 5.71. The number of ether oxygens (including phenoxy) is 1. The summed E-state index contributed by atoms with van der Waals surface area (Å²) in [6.45, 7) is 0.0559. The van der Waals surface area contributed by atoms with E-state index in [-0.39, 0.29) is 29.4 Å². The number of para-hydroxylation sites is 1. The highest BCUT2D eigenvalue weighted by Crippen LogP contribution is 2.24. The zero-order chi connectivity index (χ0) is 19.1. The molecule has 3 rings (SSSR count). The number of nitrogens with zero attached hydrogens (tertiary/aromatic N) is 2. The second-order valence-electron chi connectivity index (χ2n) is 4.95. The molecule has 0 atom stereocenters. The zero-order valence-corrected chi connectivity index (χ0v) is 16.1. The molecular weight excluding hydrogens is 412 g/mol. The lowest BCUT2D eigenvalue weighted by Gasteiger charge is -2.05. The fourth-order valence-electron chi connectivity index (χ4n) is 1.82. The third-order valence-corrected chi connectivity index (χ3v) is 5.02. The predicted molar refractivity (Wildman–Crippen MR) is 101 cm³/mol. The van der Waals surface area contributed by atoms with Crippen LogP contribution >= 0.6 is 34.7 Å². The number of benzene rings is 1. The topological polar surface area (TPSA) is 106 Å². The Morgan fingerprint density at radius 3 is 2.81 bits per heavy atom. The Balaban J connectivity index is 1.40. The number of aromatic nitrogens is 2. The van der Waals surface area contributed by atoms with Crippen LogP contribution in [0.15, 0.2) is 51.4 Å². The zero-order valence-electron chi connectivity index (χ0n) is 13.7. The molecule has 2 heterocycles. The Labute approximate surface area is 167 Å². The number of hydrogen-bond acceptors (Lipinski definition) is 8. The van der Waals surface area contributed by atoms with E-state index in [2.05, 4.69) is 21.0 Å². The largest absolute Gasteiger partial charge is 0.482 e. The molecule has 3 aromatic rings. The van der Waals surface area contributed by atoms with Gasteiger partial charge in [0.15, 0.2) is 6.61 Å². The van der Waals surface area contributed by atoms with Crippen molar-refractivity contribution in [3.05, 3.63) is 57.6 Å². The summed E-state index contributed by atoms with van der Waals surface area (Å²) in [4.78, 5) is 24.0. The second-order valence-corrected chi connectivity index (χ2v) is 7.23. The van der Waals surface area contributed by atoms with Gasteiger partial charge in [-0.15, -0.1) is 21.5 Å². The van der Waals surface area contributed by atoms with Crippen LogP contribution in [-0.2, 0) is 11.4 Å². The maximum absolute atomic E-state index is 11.8. The molecule has 8 nitrogen and oxygen atoms in total. The molecule has 0 radical (unpaired) electrons. The first kappa shape index (κ1) is 19.2. The molecule has 0 aliphatic carbocycles. The van der Waals surface area contributed by atoms with Gasteiger partial charge >= 0.3 is 0 Å². The second kappa shape index (κ2) is 9.40. The van der Waals surface area contributed by atoms with Gasteiger partial charge in [-0.2, -0.15) is 0 Å². The lowest BCUT2D eigenvalue weighted by atomic mass is 10.3. The van der Waals surface area contributed by atoms with E-state index in [0.29, 0.717) is 15.6 Å². The number of rotatable bonds is 7. The number of nitrogens with one attached hydrogen (secondary N) is 2. The number of hydrogen-bond donors (Lipinski definition) is 2. The summed E-state index contributed by atoms with van der Waals surface area (Å²) in [6, 6.07) is 10.4. The molecular formula is C16H13ClN4O4S2. The average Bonchev–Trinajstić information content (AvgIpc) is 3.36. The van der Waals surface area contributed by atoms with Crippen molar-refractivity contribution in [3.8, 4) is 5.75 Å². The Morgan fingerprint density at radius 1 is 1.19 bits per heavy atom. The minimum Gasteiger partial charge on any atom is -0.482 e. The van der Waals surface area contributed by atoms with E-state index in [1.807, 2.05) is 0 Å². The molecule has 0 saturated heterocycles. The SMILES string of the molecule is O=C(CSc1nnc(COc2ccccc2Cl)o1)NNC(=O)c1cccs1. The van der Waals surface area contributed by atoms with Crippen molar-refractivity contribution in [2.24, 2.45) is 0 Å². The number of thioether (sulfide) groups is 1. The van der Waals surface area contributed by atoms with E-state index in [9.17, 15) is 9.59 Å². The standard InChI is InChI=1S/C16H13ClN4O4S2/c17-10-4-1-2-5-11(10)24-8-14-19-21-16(25-14)27-9-13(22)18-20-15(23)12-6-3-7-26-12/h1-7H,8-9H2,(H,18,22)(H,20,23). The maximum Gasteiger partial charge on any atom is 0.279 e. The van der Waals surface area contributed by atoms with Gasteiger partial charge in [0.2, 0.25) is 5.91 Å². The summed E-state index contributed by atoms with van der Waals surface area (Å²) in [5.74, 6) is -0.0223. The quantitative estimate of drug-likeness (QED) is 0.443. The van der Waals surface area contributed by atoms with Crippen LogP contribution in [0.5, 0.6) is 5.75 Å². The number of hydrazine groups is 1. The summed E-state index contributed by atoms with van der Waals surface area (Å²) in [6.07, 6.45) is 0. The van der Waals surface area contributed by atoms with E-state index >= 15 is 0 Å². The fourth-order valence-corrected chi connectivity index (χ4v) is 3.20. The fraction of sp³-hybridized carbons (Fsp3) is 0.125. The number of carbonyl (C=O) groups is 2. The molecule has 11 heteroatoms. The highest BCUT2D eigenvalue weighted by atomic mass is 35.5. The molecule has 0 saturated carbocycles. The van der Waals surface area contributed by atoms with Crippen molar-refractivity contribution in [2.75, 3.05) is 5.75 Å². The molecule has 0 unspecified atom stereocenters. The van der Waals surface area contributed by atoms with Crippen molar-refractivity contribution < 1.29 is 18.7 Å². The van der Waals surface area contributed by atoms with Gasteiger partial charge in [0.1, 0.15) is 5.75 Å². The van der Waals surface area contributed by atoms with Gasteiger partial charge in [0, 0.05) is 0 Å². The smallest absolute Gasteiger partial charge is 0.279 e. The first-order chi connectivity index (χ1) is 13.1. The van der Waals surface area contributed by atoms with E-state index in [1.165, 1.54) is 11.3 Å². The Morgan fingerprint density at radius 2 is 2.04 bits per heavy atom. The molecule has 27 heavy (non-hydrogen) atoms. The molecule has 0 aliphatic heterocycles. The Kier molecular flexibility index (Phi) is 6.69. The summed E-state index contributed by atoms with van der Waals surface area (Å²) in [7, 11) is 0. The first-order valence-electron chi connectivity index (χ1n) is 7.57. The van der Waals surface area contributed by atoms with Crippen LogP contribution in [-0.4, -0.2) is 27.8 Å². The van der Waals surface area contributed by atoms with E-state index in [0.717, 1.165) is 11.8 Å². The monoisotopic (exact) mass is 424 g/mol. The van der Waals surface area contributed by atoms with Crippen molar-refractivity contribution >= 4 is 46.5 Å². The molecule has 0 aliphatic rings. The highest BCUT2D eigenvalue weighted by Gasteiger charge is 2.12. The van der Waals surface area contributed by atoms with Crippen molar-refractivity contribution in [3.63, 3.8) is 0 Å². The van der Waals surface area contributed by atoms with Crippen molar-refractivity contribution in [2.45, 2.75) is 11.8 Å². The number of amides is 2. The minimum atomic E-state index is -0.406. The average molecular weight is 425 g/mol. The molecule has 2 N–H and O–H groups in total. The molecule has 0 spiro atoms. The van der Waals surface area contributed by atoms with Crippen LogP contribution in [0.4, 0.5) is 0 Å². The molecule has 0 fully saturated rings. The maximum atomic E-state index is 11.8. The van der Waals surface area contributed by atoms with Crippen LogP contribution in [0, 0.1) is 0 Å². The van der Waals surface area contributed by atoms with Gasteiger partial charge in [0.25, 0.3) is 17.0 Å². The lowest BCUT2D eigenvalue weighted by molar-refractivity contribution is -0.119. The van der Waals surface area contributed by atoms with Crippen molar-refractivity contribution in [1.29, 1.82) is 0 Å². The molecule has 140 valence electrons. The molecule has 1 aromatic carbocycles. The minimum absolute atomic E-state index is 0.00226. The van der Waals surface area contributed by atoms with E-state index < -0.39 is 5.91 Å². The van der Waals surface area contributed by atoms with Gasteiger partial charge in [-0.25, -0.2) is 0 Å². The van der Waals surface area contributed by atoms with Crippen LogP contribution in [0.2, 0.25) is 5.02 Å². The molecule has 0 bridgehead atoms. The van der Waals surface area contributed by atoms with Crippen LogP contribution in [0.3, 0.4) is 0 Å². The summed E-state index contributed by atoms with van der Waals surface area (Å²) >= 11 is 8.31. The van der Waals surface area contributed by atoms with E-state index in [4.69, 9.17) is 20.8 Å². The third-order valence-electron chi connectivity index (χ3n) is 3.02. The Hall–Kier alpha value is -2.56. The van der Waals surface area contributed by atoms with E-state index in [1.54, 1.807) is 41.8 Å². The number of halogens is 1. The normalized spacial score (nSPS) is 10.4. The van der Waals surface area contributed by atoms with Gasteiger partial charge in [-0.05, 0) is 23.6 Å². The first-order valence-corrected chi connectivity index (χ1v) is 9.81. The lowest BCUT2D eigenvalue weighted by Crippen LogP contribution is -2.42. The molecule has 2 amide bonds. The van der Waals surface area contributed by atoms with Crippen LogP contribution in [0.25, 0.3) is 0 Å². The number of thiophene rings is 1. The predicted octanol–water partition coefficient (Wildman–Crippen LogP) is 2.92. The Bertz CT molecular complexity index is 917. The number of carbonyl (C=O) groups excluding carboxylic acids is 2. The molecule has 2 aromatic heterocycles. The summed E-state index contributed by atoms with van der Waals surface area (Å²) < 4.78 is 10.9. The summed E-state index contributed by atoms with van der Waals surface area (Å²) in [5, 5.41) is 10.1. The van der Waals surface area contributed by atoms with Crippen molar-refractivity contribution in [1.82, 2.24) is 21.0 Å². The van der Waals surface area contributed by atoms with Gasteiger partial charge in [-0.3, -0.25) is 20.4 Å². The van der Waals surface area contributed by atoms with Gasteiger partial charge < -0.3 is 9.15 Å². The van der Waals surface area contributed by atoms with Gasteiger partial charge in [-0.1, -0.05) is 41.6 Å². The van der Waals surface area contributed by atoms with Crippen LogP contribution < -0.4 is 15.6 Å². The summed E-state index contributed by atoms with van der Waals surface area (Å²) in [5.41, 5.74) is 4.65. The van der Waals surface area contributed by atoms with Gasteiger partial charge in [0.05, 0.1) is 15.7 Å².